The number of hydrogen-bond acceptors (Lipinski definition) is 3. The number of halogens is 1. The highest BCUT2D eigenvalue weighted by atomic mass is 19.1. The lowest BCUT2D eigenvalue weighted by Gasteiger charge is -2.17. The van der Waals surface area contributed by atoms with Crippen LogP contribution in [-0.4, -0.2) is 12.0 Å². The minimum Gasteiger partial charge on any atom is -0.455 e. The summed E-state index contributed by atoms with van der Waals surface area (Å²) >= 11 is 0. The van der Waals surface area contributed by atoms with E-state index in [9.17, 15) is 4.39 Å². The molecule has 0 aliphatic carbocycles. The van der Waals surface area contributed by atoms with Gasteiger partial charge >= 0.3 is 0 Å². The molecule has 0 saturated carbocycles. The van der Waals surface area contributed by atoms with E-state index in [0.29, 0.717) is 11.5 Å². The van der Waals surface area contributed by atoms with Gasteiger partial charge in [-0.2, -0.15) is 0 Å². The maximum atomic E-state index is 13.4. The van der Waals surface area contributed by atoms with Crippen LogP contribution in [0.5, 0.6) is 11.5 Å². The molecule has 0 amide bonds. The quantitative estimate of drug-likeness (QED) is 0.912. The highest BCUT2D eigenvalue weighted by Crippen LogP contribution is 2.31. The van der Waals surface area contributed by atoms with Crippen LogP contribution in [0.2, 0.25) is 0 Å². The monoisotopic (exact) mass is 260 g/mol. The van der Waals surface area contributed by atoms with Gasteiger partial charge in [0.25, 0.3) is 0 Å². The van der Waals surface area contributed by atoms with Crippen LogP contribution in [0.4, 0.5) is 4.39 Å². The summed E-state index contributed by atoms with van der Waals surface area (Å²) in [5, 5.41) is 3.09. The van der Waals surface area contributed by atoms with Gasteiger partial charge in [-0.05, 0) is 51.2 Å². The first-order valence-electron chi connectivity index (χ1n) is 6.18. The molecule has 1 aromatic heterocycles. The van der Waals surface area contributed by atoms with Crippen LogP contribution in [-0.2, 0) is 0 Å². The lowest BCUT2D eigenvalue weighted by atomic mass is 10.1. The van der Waals surface area contributed by atoms with E-state index in [0.717, 1.165) is 11.3 Å². The summed E-state index contributed by atoms with van der Waals surface area (Å²) in [5.41, 5.74) is 1.58. The van der Waals surface area contributed by atoms with Gasteiger partial charge in [-0.25, -0.2) is 4.39 Å². The van der Waals surface area contributed by atoms with Crippen molar-refractivity contribution in [1.29, 1.82) is 0 Å². The Morgan fingerprint density at radius 2 is 2.05 bits per heavy atom. The average Bonchev–Trinajstić information content (AvgIpc) is 2.42. The van der Waals surface area contributed by atoms with Crippen LogP contribution >= 0.6 is 0 Å². The number of aromatic nitrogens is 1. The summed E-state index contributed by atoms with van der Waals surface area (Å²) in [6.07, 6.45) is 1.71. The second-order valence-electron chi connectivity index (χ2n) is 4.38. The number of ether oxygens (including phenoxy) is 1. The van der Waals surface area contributed by atoms with Crippen molar-refractivity contribution in [3.8, 4) is 11.5 Å². The third kappa shape index (κ3) is 3.09. The maximum absolute atomic E-state index is 13.4. The standard InChI is InChI=1S/C15H17FN2O/c1-10(17-3)13-9-12(16)6-7-15(13)19-14-5-4-8-18-11(14)2/h4-10,17H,1-3H3. The number of benzene rings is 1. The van der Waals surface area contributed by atoms with Gasteiger partial charge in [0.2, 0.25) is 0 Å². The molecule has 0 aliphatic heterocycles. The smallest absolute Gasteiger partial charge is 0.148 e. The molecule has 2 rings (SSSR count). The number of nitrogens with zero attached hydrogens (tertiary/aromatic N) is 1. The lowest BCUT2D eigenvalue weighted by Crippen LogP contribution is -2.13. The van der Waals surface area contributed by atoms with E-state index < -0.39 is 0 Å². The molecule has 1 N–H and O–H groups in total. The predicted octanol–water partition coefficient (Wildman–Crippen LogP) is 3.60. The van der Waals surface area contributed by atoms with E-state index in [1.807, 2.05) is 33.0 Å². The van der Waals surface area contributed by atoms with Crippen molar-refractivity contribution in [2.75, 3.05) is 7.05 Å². The Bertz CT molecular complexity index is 572. The molecule has 1 unspecified atom stereocenters. The SMILES string of the molecule is CNC(C)c1cc(F)ccc1Oc1cccnc1C. The predicted molar refractivity (Wildman–Crippen MR) is 72.9 cm³/mol. The van der Waals surface area contributed by atoms with Crippen molar-refractivity contribution < 1.29 is 9.13 Å². The fraction of sp³-hybridized carbons (Fsp3) is 0.267. The van der Waals surface area contributed by atoms with Crippen molar-refractivity contribution in [1.82, 2.24) is 10.3 Å². The number of hydrogen-bond donors (Lipinski definition) is 1. The maximum Gasteiger partial charge on any atom is 0.148 e. The minimum atomic E-state index is -0.271. The van der Waals surface area contributed by atoms with E-state index >= 15 is 0 Å². The molecule has 19 heavy (non-hydrogen) atoms. The molecule has 4 heteroatoms. The van der Waals surface area contributed by atoms with Crippen molar-refractivity contribution in [2.45, 2.75) is 19.9 Å². The molecule has 3 nitrogen and oxygen atoms in total. The minimum absolute atomic E-state index is 0.00248. The Morgan fingerprint density at radius 1 is 1.26 bits per heavy atom. The van der Waals surface area contributed by atoms with Crippen LogP contribution in [0.1, 0.15) is 24.2 Å². The third-order valence-corrected chi connectivity index (χ3v) is 3.05. The van der Waals surface area contributed by atoms with Crippen LogP contribution in [0.3, 0.4) is 0 Å². The molecule has 0 saturated heterocycles. The van der Waals surface area contributed by atoms with Crippen LogP contribution in [0, 0.1) is 12.7 Å². The molecule has 1 atom stereocenters. The number of aryl methyl sites for hydroxylation is 1. The van der Waals surface area contributed by atoms with Gasteiger partial charge in [-0.3, -0.25) is 4.98 Å². The summed E-state index contributed by atoms with van der Waals surface area (Å²) in [5.74, 6) is 1.05. The van der Waals surface area contributed by atoms with Crippen molar-refractivity contribution in [2.24, 2.45) is 0 Å². The zero-order valence-corrected chi connectivity index (χ0v) is 11.3. The molecule has 0 spiro atoms. The topological polar surface area (TPSA) is 34.1 Å². The molecule has 0 fully saturated rings. The van der Waals surface area contributed by atoms with Crippen LogP contribution in [0.15, 0.2) is 36.5 Å². The fourth-order valence-electron chi connectivity index (χ4n) is 1.80. The van der Waals surface area contributed by atoms with E-state index in [1.54, 1.807) is 12.3 Å². The third-order valence-electron chi connectivity index (χ3n) is 3.05. The van der Waals surface area contributed by atoms with Gasteiger partial charge < -0.3 is 10.1 Å². The van der Waals surface area contributed by atoms with Gasteiger partial charge in [-0.1, -0.05) is 0 Å². The molecule has 2 aromatic rings. The largest absolute Gasteiger partial charge is 0.455 e. The van der Waals surface area contributed by atoms with E-state index in [4.69, 9.17) is 4.74 Å². The van der Waals surface area contributed by atoms with E-state index in [2.05, 4.69) is 10.3 Å². The Kier molecular flexibility index (Phi) is 4.12. The first-order valence-corrected chi connectivity index (χ1v) is 6.18. The molecular weight excluding hydrogens is 243 g/mol. The average molecular weight is 260 g/mol. The van der Waals surface area contributed by atoms with E-state index in [1.165, 1.54) is 12.1 Å². The number of pyridine rings is 1. The van der Waals surface area contributed by atoms with Gasteiger partial charge in [0.05, 0.1) is 5.69 Å². The summed E-state index contributed by atoms with van der Waals surface area (Å²) in [6, 6.07) is 8.19. The Hall–Kier alpha value is -1.94. The Balaban J connectivity index is 2.37. The molecule has 1 aromatic carbocycles. The van der Waals surface area contributed by atoms with Gasteiger partial charge in [-0.15, -0.1) is 0 Å². The van der Waals surface area contributed by atoms with Gasteiger partial charge in [0.15, 0.2) is 0 Å². The summed E-state index contributed by atoms with van der Waals surface area (Å²) < 4.78 is 19.2. The highest BCUT2D eigenvalue weighted by Gasteiger charge is 2.13. The number of rotatable bonds is 4. The normalized spacial score (nSPS) is 12.2. The molecule has 0 aliphatic rings. The second kappa shape index (κ2) is 5.80. The molecule has 0 bridgehead atoms. The second-order valence-corrected chi connectivity index (χ2v) is 4.38. The summed E-state index contributed by atoms with van der Waals surface area (Å²) in [6.45, 7) is 3.83. The van der Waals surface area contributed by atoms with Crippen LogP contribution in [0.25, 0.3) is 0 Å². The summed E-state index contributed by atoms with van der Waals surface area (Å²) in [7, 11) is 1.83. The first-order chi connectivity index (χ1) is 9.11. The van der Waals surface area contributed by atoms with Crippen LogP contribution < -0.4 is 10.1 Å². The van der Waals surface area contributed by atoms with Crippen molar-refractivity contribution in [3.05, 3.63) is 53.6 Å². The first kappa shape index (κ1) is 13.5. The fourth-order valence-corrected chi connectivity index (χ4v) is 1.80. The molecular formula is C15H17FN2O. The highest BCUT2D eigenvalue weighted by molar-refractivity contribution is 5.40. The van der Waals surface area contributed by atoms with Crippen molar-refractivity contribution >= 4 is 0 Å². The number of nitrogens with one attached hydrogen (secondary N) is 1. The molecule has 0 radical (unpaired) electrons. The Morgan fingerprint density at radius 3 is 2.74 bits per heavy atom. The lowest BCUT2D eigenvalue weighted by molar-refractivity contribution is 0.457. The van der Waals surface area contributed by atoms with Crippen molar-refractivity contribution in [3.63, 3.8) is 0 Å². The van der Waals surface area contributed by atoms with Gasteiger partial charge in [0, 0.05) is 17.8 Å². The van der Waals surface area contributed by atoms with Gasteiger partial charge in [0.1, 0.15) is 17.3 Å². The zero-order valence-electron chi connectivity index (χ0n) is 11.3. The molecule has 1 heterocycles. The zero-order chi connectivity index (χ0) is 13.8. The Labute approximate surface area is 112 Å². The molecule has 100 valence electrons. The van der Waals surface area contributed by atoms with E-state index in [-0.39, 0.29) is 11.9 Å². The summed E-state index contributed by atoms with van der Waals surface area (Å²) in [4.78, 5) is 4.17.